The van der Waals surface area contributed by atoms with Gasteiger partial charge < -0.3 is 14.6 Å². The average molecular weight is 521 g/mol. The third-order valence-electron chi connectivity index (χ3n) is 4.88. The fraction of sp³-hybridized carbons (Fsp3) is 0.0435. The number of rotatable bonds is 7. The van der Waals surface area contributed by atoms with E-state index in [1.807, 2.05) is 54.1 Å². The van der Waals surface area contributed by atoms with Gasteiger partial charge in [0, 0.05) is 47.1 Å². The summed E-state index contributed by atoms with van der Waals surface area (Å²) in [5, 5.41) is 5.67. The Morgan fingerprint density at radius 1 is 1.06 bits per heavy atom. The van der Waals surface area contributed by atoms with Gasteiger partial charge in [-0.3, -0.25) is 4.79 Å². The molecule has 3 heterocycles. The van der Waals surface area contributed by atoms with E-state index in [1.54, 1.807) is 29.9 Å². The van der Waals surface area contributed by atoms with Crippen molar-refractivity contribution in [1.29, 1.82) is 0 Å². The summed E-state index contributed by atoms with van der Waals surface area (Å²) in [6.07, 6.45) is 3.91. The Balaban J connectivity index is 1.39. The van der Waals surface area contributed by atoms with Crippen molar-refractivity contribution in [2.75, 3.05) is 10.2 Å². The molecular formula is C23H17BrN6O2S. The molecule has 1 N–H and O–H groups in total. The predicted molar refractivity (Wildman–Crippen MR) is 133 cm³/mol. The van der Waals surface area contributed by atoms with Crippen molar-refractivity contribution in [3.05, 3.63) is 76.8 Å². The Morgan fingerprint density at radius 3 is 2.64 bits per heavy atom. The number of hydrogen-bond acceptors (Lipinski definition) is 7. The summed E-state index contributed by atoms with van der Waals surface area (Å²) in [4.78, 5) is 26.1. The molecule has 0 spiro atoms. The van der Waals surface area contributed by atoms with E-state index in [1.165, 1.54) is 16.2 Å². The molecule has 0 aliphatic heterocycles. The van der Waals surface area contributed by atoms with E-state index < -0.39 is 0 Å². The number of halogens is 1. The van der Waals surface area contributed by atoms with E-state index in [4.69, 9.17) is 9.72 Å². The van der Waals surface area contributed by atoms with Gasteiger partial charge >= 0.3 is 0 Å². The number of imidazole rings is 1. The van der Waals surface area contributed by atoms with Crippen molar-refractivity contribution in [2.24, 2.45) is 7.05 Å². The molecule has 0 saturated heterocycles. The molecule has 0 unspecified atom stereocenters. The van der Waals surface area contributed by atoms with Gasteiger partial charge in [0.25, 0.3) is 0 Å². The van der Waals surface area contributed by atoms with E-state index in [0.29, 0.717) is 28.9 Å². The Morgan fingerprint density at radius 2 is 1.88 bits per heavy atom. The second-order valence-corrected chi connectivity index (χ2v) is 8.81. The van der Waals surface area contributed by atoms with Crippen molar-refractivity contribution in [3.8, 4) is 11.5 Å². The van der Waals surface area contributed by atoms with Gasteiger partial charge in [-0.1, -0.05) is 15.9 Å². The van der Waals surface area contributed by atoms with Gasteiger partial charge in [-0.2, -0.15) is 0 Å². The molecule has 0 fully saturated rings. The molecule has 2 aromatic carbocycles. The Labute approximate surface area is 201 Å². The summed E-state index contributed by atoms with van der Waals surface area (Å²) >= 11 is 4.80. The number of ether oxygens (including phenoxy) is 1. The molecule has 0 saturated carbocycles. The van der Waals surface area contributed by atoms with Crippen LogP contribution in [0.1, 0.15) is 0 Å². The van der Waals surface area contributed by atoms with E-state index >= 15 is 0 Å². The number of nitrogens with one attached hydrogen (secondary N) is 1. The molecule has 3 aromatic heterocycles. The number of anilines is 4. The molecule has 0 aliphatic rings. The largest absolute Gasteiger partial charge is 0.457 e. The van der Waals surface area contributed by atoms with Crippen molar-refractivity contribution < 1.29 is 9.53 Å². The molecular weight excluding hydrogens is 504 g/mol. The number of fused-ring (bicyclic) bond motifs is 1. The standard InChI is InChI=1S/C23H17BrN6O2S/c1-29-20-7-6-17(12-19(20)28-22(29)27-16-4-2-15(24)3-5-16)32-18-8-9-25-21(13-18)30(14-31)23-26-10-11-33-23/h2-14H,1H3,(H,27,28). The molecule has 0 radical (unpaired) electrons. The maximum Gasteiger partial charge on any atom is 0.221 e. The van der Waals surface area contributed by atoms with Crippen LogP contribution >= 0.6 is 27.3 Å². The van der Waals surface area contributed by atoms with Gasteiger partial charge in [0.05, 0.1) is 11.0 Å². The molecule has 0 atom stereocenters. The van der Waals surface area contributed by atoms with Gasteiger partial charge in [-0.05, 0) is 42.5 Å². The third kappa shape index (κ3) is 4.43. The number of hydrogen-bond donors (Lipinski definition) is 1. The zero-order valence-corrected chi connectivity index (χ0v) is 19.7. The molecule has 8 nitrogen and oxygen atoms in total. The van der Waals surface area contributed by atoms with Gasteiger partial charge in [-0.25, -0.2) is 19.9 Å². The quantitative estimate of drug-likeness (QED) is 0.264. The minimum Gasteiger partial charge on any atom is -0.457 e. The summed E-state index contributed by atoms with van der Waals surface area (Å²) in [5.41, 5.74) is 2.70. The summed E-state index contributed by atoms with van der Waals surface area (Å²) in [7, 11) is 1.96. The molecule has 1 amide bonds. The number of carbonyl (C=O) groups excluding carboxylic acids is 1. The molecule has 33 heavy (non-hydrogen) atoms. The number of aryl methyl sites for hydroxylation is 1. The van der Waals surface area contributed by atoms with E-state index in [-0.39, 0.29) is 0 Å². The molecule has 164 valence electrons. The summed E-state index contributed by atoms with van der Waals surface area (Å²) < 4.78 is 9.05. The average Bonchev–Trinajstić information content (AvgIpc) is 3.45. The Bertz CT molecular complexity index is 1420. The van der Waals surface area contributed by atoms with E-state index in [9.17, 15) is 4.79 Å². The SMILES string of the molecule is Cn1c(Nc2ccc(Br)cc2)nc2cc(Oc3ccnc(N(C=O)c4nccs4)c3)ccc21. The lowest BCUT2D eigenvalue weighted by Crippen LogP contribution is -2.15. The van der Waals surface area contributed by atoms with Crippen molar-refractivity contribution in [1.82, 2.24) is 19.5 Å². The highest BCUT2D eigenvalue weighted by Crippen LogP contribution is 2.31. The van der Waals surface area contributed by atoms with E-state index in [2.05, 4.69) is 31.2 Å². The zero-order valence-electron chi connectivity index (χ0n) is 17.3. The number of carbonyl (C=O) groups is 1. The highest BCUT2D eigenvalue weighted by atomic mass is 79.9. The first-order valence-corrected chi connectivity index (χ1v) is 11.5. The first kappa shape index (κ1) is 21.1. The molecule has 5 aromatic rings. The normalized spacial score (nSPS) is 10.8. The third-order valence-corrected chi connectivity index (χ3v) is 6.18. The van der Waals surface area contributed by atoms with Crippen LogP contribution in [0.15, 0.2) is 76.8 Å². The van der Waals surface area contributed by atoms with Crippen LogP contribution in [-0.4, -0.2) is 25.9 Å². The fourth-order valence-corrected chi connectivity index (χ4v) is 4.16. The van der Waals surface area contributed by atoms with Crippen LogP contribution in [0.4, 0.5) is 22.6 Å². The van der Waals surface area contributed by atoms with Gasteiger partial charge in [0.15, 0.2) is 5.13 Å². The second kappa shape index (κ2) is 9.00. The van der Waals surface area contributed by atoms with E-state index in [0.717, 1.165) is 27.1 Å². The van der Waals surface area contributed by atoms with Gasteiger partial charge in [0.2, 0.25) is 12.4 Å². The maximum absolute atomic E-state index is 11.6. The molecule has 10 heteroatoms. The van der Waals surface area contributed by atoms with Crippen LogP contribution < -0.4 is 15.0 Å². The topological polar surface area (TPSA) is 85.2 Å². The monoisotopic (exact) mass is 520 g/mol. The number of pyridine rings is 1. The van der Waals surface area contributed by atoms with Crippen molar-refractivity contribution >= 4 is 67.3 Å². The highest BCUT2D eigenvalue weighted by Gasteiger charge is 2.14. The summed E-state index contributed by atoms with van der Waals surface area (Å²) in [6.45, 7) is 0. The Hall–Kier alpha value is -3.76. The van der Waals surface area contributed by atoms with Crippen LogP contribution in [-0.2, 0) is 11.8 Å². The maximum atomic E-state index is 11.6. The number of benzene rings is 2. The van der Waals surface area contributed by atoms with Gasteiger partial charge in [0.1, 0.15) is 17.3 Å². The highest BCUT2D eigenvalue weighted by molar-refractivity contribution is 9.10. The van der Waals surface area contributed by atoms with Crippen LogP contribution in [0.3, 0.4) is 0 Å². The number of nitrogens with zero attached hydrogens (tertiary/aromatic N) is 5. The predicted octanol–water partition coefficient (Wildman–Crippen LogP) is 6.02. The lowest BCUT2D eigenvalue weighted by Gasteiger charge is -2.14. The van der Waals surface area contributed by atoms with Crippen LogP contribution in [0.2, 0.25) is 0 Å². The number of thiazole rings is 1. The minimum absolute atomic E-state index is 0.428. The van der Waals surface area contributed by atoms with Crippen LogP contribution in [0.25, 0.3) is 11.0 Å². The summed E-state index contributed by atoms with van der Waals surface area (Å²) in [5.74, 6) is 2.32. The van der Waals surface area contributed by atoms with Crippen LogP contribution in [0, 0.1) is 0 Å². The smallest absolute Gasteiger partial charge is 0.221 e. The number of amides is 1. The number of aromatic nitrogens is 4. The Kier molecular flexibility index (Phi) is 5.76. The molecule has 0 bridgehead atoms. The lowest BCUT2D eigenvalue weighted by molar-refractivity contribution is -0.106. The van der Waals surface area contributed by atoms with Gasteiger partial charge in [-0.15, -0.1) is 11.3 Å². The van der Waals surface area contributed by atoms with Crippen molar-refractivity contribution in [2.45, 2.75) is 0 Å². The summed E-state index contributed by atoms with van der Waals surface area (Å²) in [6, 6.07) is 17.0. The lowest BCUT2D eigenvalue weighted by atomic mass is 10.3. The first-order valence-electron chi connectivity index (χ1n) is 9.88. The molecule has 0 aliphatic carbocycles. The zero-order chi connectivity index (χ0) is 22.8. The second-order valence-electron chi connectivity index (χ2n) is 7.02. The first-order chi connectivity index (χ1) is 16.1. The molecule has 5 rings (SSSR count). The van der Waals surface area contributed by atoms with Crippen LogP contribution in [0.5, 0.6) is 11.5 Å². The minimum atomic E-state index is 0.428. The fourth-order valence-electron chi connectivity index (χ4n) is 3.28. The van der Waals surface area contributed by atoms with Crippen molar-refractivity contribution in [3.63, 3.8) is 0 Å².